The molecule has 0 amide bonds. The maximum absolute atomic E-state index is 12.7. The number of ether oxygens (including phenoxy) is 2. The van der Waals surface area contributed by atoms with Crippen LogP contribution in [-0.4, -0.2) is 53.7 Å². The van der Waals surface area contributed by atoms with Crippen LogP contribution in [0, 0.1) is 0 Å². The molecule has 0 atom stereocenters. The van der Waals surface area contributed by atoms with Crippen LogP contribution in [0.25, 0.3) is 0 Å². The lowest BCUT2D eigenvalue weighted by molar-refractivity contribution is 0.162. The molecule has 0 heterocycles. The highest BCUT2D eigenvalue weighted by Crippen LogP contribution is 2.34. The van der Waals surface area contributed by atoms with Crippen molar-refractivity contribution in [1.82, 2.24) is 9.62 Å². The smallest absolute Gasteiger partial charge is 0.244 e. The van der Waals surface area contributed by atoms with Gasteiger partial charge in [-0.15, -0.1) is 0 Å². The van der Waals surface area contributed by atoms with Crippen LogP contribution >= 0.6 is 0 Å². The molecule has 1 N–H and O–H groups in total. The largest absolute Gasteiger partial charge is 0.497 e. The first kappa shape index (κ1) is 18.0. The molecule has 6 nitrogen and oxygen atoms in total. The maximum Gasteiger partial charge on any atom is 0.244 e. The second-order valence-corrected chi connectivity index (χ2v) is 7.90. The molecular formula is C16H26N2O4S. The van der Waals surface area contributed by atoms with Crippen molar-refractivity contribution in [2.24, 2.45) is 0 Å². The molecule has 0 bridgehead atoms. The molecule has 1 saturated carbocycles. The monoisotopic (exact) mass is 342 g/mol. The minimum absolute atomic E-state index is 0.103. The number of nitrogens with one attached hydrogen (secondary N) is 1. The van der Waals surface area contributed by atoms with Gasteiger partial charge < -0.3 is 14.4 Å². The fraction of sp³-hybridized carbons (Fsp3) is 0.625. The summed E-state index contributed by atoms with van der Waals surface area (Å²) in [6.45, 7) is 0.392. The fourth-order valence-electron chi connectivity index (χ4n) is 3.12. The number of benzene rings is 1. The van der Waals surface area contributed by atoms with Gasteiger partial charge in [0.15, 0.2) is 0 Å². The highest BCUT2D eigenvalue weighted by molar-refractivity contribution is 7.89. The van der Waals surface area contributed by atoms with E-state index in [2.05, 4.69) is 9.62 Å². The molecule has 0 spiro atoms. The molecule has 23 heavy (non-hydrogen) atoms. The summed E-state index contributed by atoms with van der Waals surface area (Å²) in [4.78, 5) is 2.23. The lowest BCUT2D eigenvalue weighted by Crippen LogP contribution is -2.50. The Kier molecular flexibility index (Phi) is 5.54. The van der Waals surface area contributed by atoms with Crippen molar-refractivity contribution in [3.8, 4) is 11.5 Å². The van der Waals surface area contributed by atoms with E-state index in [9.17, 15) is 8.42 Å². The molecule has 1 aliphatic rings. The average Bonchev–Trinajstić information content (AvgIpc) is 3.03. The number of rotatable bonds is 7. The first-order chi connectivity index (χ1) is 10.8. The zero-order valence-electron chi connectivity index (χ0n) is 14.3. The van der Waals surface area contributed by atoms with Crippen LogP contribution in [0.15, 0.2) is 23.1 Å². The van der Waals surface area contributed by atoms with Crippen molar-refractivity contribution in [1.29, 1.82) is 0 Å². The van der Waals surface area contributed by atoms with Crippen molar-refractivity contribution in [3.63, 3.8) is 0 Å². The summed E-state index contributed by atoms with van der Waals surface area (Å²) in [5.74, 6) is 0.790. The second-order valence-electron chi connectivity index (χ2n) is 6.17. The number of hydrogen-bond donors (Lipinski definition) is 1. The predicted molar refractivity (Wildman–Crippen MR) is 89.6 cm³/mol. The number of sulfonamides is 1. The molecule has 1 fully saturated rings. The van der Waals surface area contributed by atoms with Gasteiger partial charge in [0.2, 0.25) is 10.0 Å². The van der Waals surface area contributed by atoms with Gasteiger partial charge in [-0.1, -0.05) is 12.8 Å². The Hall–Kier alpha value is -1.31. The van der Waals surface area contributed by atoms with Gasteiger partial charge in [0.25, 0.3) is 0 Å². The minimum Gasteiger partial charge on any atom is -0.497 e. The van der Waals surface area contributed by atoms with Gasteiger partial charge in [0.1, 0.15) is 16.4 Å². The van der Waals surface area contributed by atoms with Crippen molar-refractivity contribution in [2.45, 2.75) is 36.1 Å². The van der Waals surface area contributed by atoms with Crippen LogP contribution in [0.3, 0.4) is 0 Å². The van der Waals surface area contributed by atoms with Crippen LogP contribution in [0.2, 0.25) is 0 Å². The molecule has 1 aromatic carbocycles. The van der Waals surface area contributed by atoms with E-state index in [0.717, 1.165) is 25.7 Å². The van der Waals surface area contributed by atoms with E-state index in [4.69, 9.17) is 9.47 Å². The summed E-state index contributed by atoms with van der Waals surface area (Å²) in [6, 6.07) is 4.76. The molecule has 0 aliphatic heterocycles. The van der Waals surface area contributed by atoms with Gasteiger partial charge >= 0.3 is 0 Å². The summed E-state index contributed by atoms with van der Waals surface area (Å²) in [5.41, 5.74) is -0.112. The molecule has 0 saturated heterocycles. The number of methoxy groups -OCH3 is 2. The lowest BCUT2D eigenvalue weighted by atomic mass is 9.97. The summed E-state index contributed by atoms with van der Waals surface area (Å²) in [5, 5.41) is 0. The Morgan fingerprint density at radius 2 is 1.83 bits per heavy atom. The van der Waals surface area contributed by atoms with E-state index >= 15 is 0 Å². The second kappa shape index (κ2) is 7.07. The van der Waals surface area contributed by atoms with E-state index in [0.29, 0.717) is 18.0 Å². The first-order valence-electron chi connectivity index (χ1n) is 7.74. The average molecular weight is 342 g/mol. The van der Waals surface area contributed by atoms with E-state index in [1.807, 2.05) is 14.1 Å². The zero-order chi connectivity index (χ0) is 17.1. The third kappa shape index (κ3) is 3.79. The molecule has 0 radical (unpaired) electrons. The summed E-state index contributed by atoms with van der Waals surface area (Å²) < 4.78 is 38.6. The van der Waals surface area contributed by atoms with Gasteiger partial charge in [-0.3, -0.25) is 0 Å². The van der Waals surface area contributed by atoms with E-state index in [1.165, 1.54) is 20.3 Å². The number of hydrogen-bond acceptors (Lipinski definition) is 5. The normalized spacial score (nSPS) is 17.4. The molecule has 1 aromatic rings. The Morgan fingerprint density at radius 3 is 2.35 bits per heavy atom. The number of nitrogens with zero attached hydrogens (tertiary/aromatic N) is 1. The molecule has 2 rings (SSSR count). The van der Waals surface area contributed by atoms with Crippen molar-refractivity contribution < 1.29 is 17.9 Å². The van der Waals surface area contributed by atoms with Gasteiger partial charge in [0, 0.05) is 18.2 Å². The minimum atomic E-state index is -3.68. The standard InChI is InChI=1S/C16H26N2O4S/c1-18(2)16(9-5-6-10-16)12-17-23(19,20)15-11-13(21-3)7-8-14(15)22-4/h7-8,11,17H,5-6,9-10,12H2,1-4H3. The summed E-state index contributed by atoms with van der Waals surface area (Å²) >= 11 is 0. The van der Waals surface area contributed by atoms with Gasteiger partial charge in [-0.25, -0.2) is 13.1 Å². The van der Waals surface area contributed by atoms with Gasteiger partial charge in [-0.2, -0.15) is 0 Å². The van der Waals surface area contributed by atoms with E-state index in [1.54, 1.807) is 12.1 Å². The van der Waals surface area contributed by atoms with Gasteiger partial charge in [0.05, 0.1) is 14.2 Å². The van der Waals surface area contributed by atoms with Crippen molar-refractivity contribution in [3.05, 3.63) is 18.2 Å². The van der Waals surface area contributed by atoms with E-state index < -0.39 is 10.0 Å². The Labute approximate surface area is 138 Å². The first-order valence-corrected chi connectivity index (χ1v) is 9.22. The SMILES string of the molecule is COc1ccc(OC)c(S(=O)(=O)NCC2(N(C)C)CCCC2)c1. The molecule has 7 heteroatoms. The highest BCUT2D eigenvalue weighted by Gasteiger charge is 2.37. The Balaban J connectivity index is 2.25. The lowest BCUT2D eigenvalue weighted by Gasteiger charge is -2.36. The Bertz CT molecular complexity index is 637. The highest BCUT2D eigenvalue weighted by atomic mass is 32.2. The maximum atomic E-state index is 12.7. The third-order valence-corrected chi connectivity index (χ3v) is 6.16. The predicted octanol–water partition coefficient (Wildman–Crippen LogP) is 1.86. The van der Waals surface area contributed by atoms with Crippen LogP contribution < -0.4 is 14.2 Å². The zero-order valence-corrected chi connectivity index (χ0v) is 15.1. The van der Waals surface area contributed by atoms with Crippen LogP contribution in [0.4, 0.5) is 0 Å². The quantitative estimate of drug-likeness (QED) is 0.819. The topological polar surface area (TPSA) is 67.9 Å². The molecule has 0 aromatic heterocycles. The van der Waals surface area contributed by atoms with Crippen LogP contribution in [0.1, 0.15) is 25.7 Å². The Morgan fingerprint density at radius 1 is 1.17 bits per heavy atom. The van der Waals surface area contributed by atoms with Crippen LogP contribution in [-0.2, 0) is 10.0 Å². The molecule has 0 unspecified atom stereocenters. The number of likely N-dealkylation sites (N-methyl/N-ethyl adjacent to an activating group) is 1. The summed E-state index contributed by atoms with van der Waals surface area (Å²) in [7, 11) is 3.30. The van der Waals surface area contributed by atoms with Crippen molar-refractivity contribution >= 4 is 10.0 Å². The molecular weight excluding hydrogens is 316 g/mol. The van der Waals surface area contributed by atoms with Crippen LogP contribution in [0.5, 0.6) is 11.5 Å². The van der Waals surface area contributed by atoms with Crippen molar-refractivity contribution in [2.75, 3.05) is 34.9 Å². The molecule has 1 aliphatic carbocycles. The molecule has 130 valence electrons. The fourth-order valence-corrected chi connectivity index (χ4v) is 4.42. The third-order valence-electron chi connectivity index (χ3n) is 4.73. The summed E-state index contributed by atoms with van der Waals surface area (Å²) in [6.07, 6.45) is 4.25. The van der Waals surface area contributed by atoms with Gasteiger partial charge in [-0.05, 0) is 39.1 Å². The van der Waals surface area contributed by atoms with E-state index in [-0.39, 0.29) is 10.4 Å².